The van der Waals surface area contributed by atoms with Crippen molar-refractivity contribution in [3.8, 4) is 0 Å². The number of carbonyl (C=O) groups is 2. The van der Waals surface area contributed by atoms with Gasteiger partial charge >= 0.3 is 5.97 Å². The van der Waals surface area contributed by atoms with E-state index < -0.39 is 17.8 Å². The van der Waals surface area contributed by atoms with Crippen molar-refractivity contribution in [2.45, 2.75) is 39.0 Å². The van der Waals surface area contributed by atoms with Gasteiger partial charge in [0.2, 0.25) is 0 Å². The zero-order valence-electron chi connectivity index (χ0n) is 15.9. The van der Waals surface area contributed by atoms with Gasteiger partial charge in [0.15, 0.2) is 5.43 Å². The molecule has 2 aromatic rings. The first kappa shape index (κ1) is 18.3. The number of para-hydroxylation sites is 1. The molecule has 0 N–H and O–H groups in total. The van der Waals surface area contributed by atoms with Crippen LogP contribution in [0, 0.1) is 5.92 Å². The van der Waals surface area contributed by atoms with Crippen LogP contribution < -0.4 is 5.43 Å². The van der Waals surface area contributed by atoms with Crippen LogP contribution in [0.1, 0.15) is 44.6 Å². The lowest BCUT2D eigenvalue weighted by atomic mass is 9.69. The fourth-order valence-corrected chi connectivity index (χ4v) is 4.24. The van der Waals surface area contributed by atoms with Gasteiger partial charge in [-0.3, -0.25) is 14.6 Å². The van der Waals surface area contributed by atoms with Crippen molar-refractivity contribution in [1.29, 1.82) is 0 Å². The zero-order chi connectivity index (χ0) is 19.8. The van der Waals surface area contributed by atoms with Crippen LogP contribution in [-0.4, -0.2) is 24.1 Å². The Bertz CT molecular complexity index is 1090. The van der Waals surface area contributed by atoms with E-state index in [4.69, 9.17) is 9.15 Å². The number of Topliss-reactive ketones (excluding diaryl/α,β-unsaturated/α-hetero) is 1. The summed E-state index contributed by atoms with van der Waals surface area (Å²) in [6, 6.07) is 6.95. The number of benzene rings is 1. The summed E-state index contributed by atoms with van der Waals surface area (Å²) < 4.78 is 10.9. The van der Waals surface area contributed by atoms with E-state index in [1.807, 2.05) is 0 Å². The summed E-state index contributed by atoms with van der Waals surface area (Å²) in [5.74, 6) is -1.91. The molecule has 28 heavy (non-hydrogen) atoms. The van der Waals surface area contributed by atoms with E-state index in [1.54, 1.807) is 38.1 Å². The molecule has 1 saturated carbocycles. The molecule has 6 heteroatoms. The number of carbonyl (C=O) groups excluding carboxylic acids is 2. The molecular weight excluding hydrogens is 358 g/mol. The molecule has 0 amide bonds. The minimum Gasteiger partial charge on any atom is -0.464 e. The molecule has 2 aliphatic rings. The number of rotatable bonds is 3. The molecule has 6 nitrogen and oxygen atoms in total. The van der Waals surface area contributed by atoms with Crippen molar-refractivity contribution in [2.75, 3.05) is 6.61 Å². The van der Waals surface area contributed by atoms with E-state index in [1.165, 1.54) is 6.26 Å². The molecule has 0 unspecified atom stereocenters. The van der Waals surface area contributed by atoms with Crippen LogP contribution in [-0.2, 0) is 14.3 Å². The lowest BCUT2D eigenvalue weighted by Gasteiger charge is -2.34. The predicted octanol–water partition coefficient (Wildman–Crippen LogP) is 3.54. The van der Waals surface area contributed by atoms with Crippen molar-refractivity contribution >= 4 is 28.4 Å². The summed E-state index contributed by atoms with van der Waals surface area (Å²) in [5.41, 5.74) is 2.04. The average molecular weight is 379 g/mol. The highest BCUT2D eigenvalue weighted by Gasteiger charge is 2.45. The number of ether oxygens (including phenoxy) is 1. The quantitative estimate of drug-likeness (QED) is 0.762. The van der Waals surface area contributed by atoms with Crippen molar-refractivity contribution in [3.63, 3.8) is 0 Å². The van der Waals surface area contributed by atoms with Gasteiger partial charge in [0.1, 0.15) is 11.4 Å². The van der Waals surface area contributed by atoms with E-state index in [0.29, 0.717) is 35.1 Å². The van der Waals surface area contributed by atoms with Crippen LogP contribution in [0.4, 0.5) is 0 Å². The highest BCUT2D eigenvalue weighted by Crippen LogP contribution is 2.42. The van der Waals surface area contributed by atoms with Crippen LogP contribution >= 0.6 is 0 Å². The number of allylic oxidation sites excluding steroid dienone is 1. The van der Waals surface area contributed by atoms with Gasteiger partial charge in [0.25, 0.3) is 0 Å². The average Bonchev–Trinajstić information content (AvgIpc) is 2.68. The molecule has 0 saturated heterocycles. The van der Waals surface area contributed by atoms with Crippen LogP contribution in [0.15, 0.2) is 56.0 Å². The molecule has 0 bridgehead atoms. The normalized spacial score (nSPS) is 22.1. The van der Waals surface area contributed by atoms with Crippen molar-refractivity contribution in [2.24, 2.45) is 10.9 Å². The van der Waals surface area contributed by atoms with Gasteiger partial charge in [-0.25, -0.2) is 4.79 Å². The Labute approximate surface area is 161 Å². The topological polar surface area (TPSA) is 85.9 Å². The summed E-state index contributed by atoms with van der Waals surface area (Å²) >= 11 is 0. The Morgan fingerprint density at radius 3 is 2.79 bits per heavy atom. The third kappa shape index (κ3) is 2.89. The first-order valence-electron chi connectivity index (χ1n) is 9.51. The minimum atomic E-state index is -0.736. The Kier molecular flexibility index (Phi) is 4.71. The molecule has 2 atom stereocenters. The lowest BCUT2D eigenvalue weighted by Crippen LogP contribution is -2.40. The third-order valence-corrected chi connectivity index (χ3v) is 5.44. The summed E-state index contributed by atoms with van der Waals surface area (Å²) in [6.07, 6.45) is 3.20. The first-order valence-corrected chi connectivity index (χ1v) is 9.51. The van der Waals surface area contributed by atoms with Gasteiger partial charge in [0.05, 0.1) is 29.7 Å². The second-order valence-electron chi connectivity index (χ2n) is 7.11. The second-order valence-corrected chi connectivity index (χ2v) is 7.11. The van der Waals surface area contributed by atoms with Gasteiger partial charge in [-0.05, 0) is 38.8 Å². The summed E-state index contributed by atoms with van der Waals surface area (Å²) in [6.45, 7) is 3.64. The maximum absolute atomic E-state index is 13.3. The van der Waals surface area contributed by atoms with E-state index in [-0.39, 0.29) is 23.4 Å². The number of fused-ring (bicyclic) bond motifs is 2. The molecular formula is C22H21NO5. The van der Waals surface area contributed by atoms with Crippen molar-refractivity contribution < 1.29 is 18.7 Å². The van der Waals surface area contributed by atoms with Crippen LogP contribution in [0.25, 0.3) is 11.0 Å². The van der Waals surface area contributed by atoms with E-state index in [9.17, 15) is 14.4 Å². The Balaban J connectivity index is 1.96. The number of aliphatic imine (C=N–C) groups is 1. The highest BCUT2D eigenvalue weighted by atomic mass is 16.5. The maximum Gasteiger partial charge on any atom is 0.336 e. The van der Waals surface area contributed by atoms with Gasteiger partial charge in [-0.1, -0.05) is 12.1 Å². The summed E-state index contributed by atoms with van der Waals surface area (Å²) in [5, 5.41) is 0.424. The predicted molar refractivity (Wildman–Crippen MR) is 104 cm³/mol. The van der Waals surface area contributed by atoms with Crippen molar-refractivity contribution in [3.05, 3.63) is 57.6 Å². The van der Waals surface area contributed by atoms with E-state index in [2.05, 4.69) is 4.99 Å². The second kappa shape index (κ2) is 7.19. The maximum atomic E-state index is 13.3. The number of hydrogen-bond donors (Lipinski definition) is 0. The monoisotopic (exact) mass is 379 g/mol. The fourth-order valence-electron chi connectivity index (χ4n) is 4.24. The van der Waals surface area contributed by atoms with Gasteiger partial charge in [0, 0.05) is 29.3 Å². The van der Waals surface area contributed by atoms with Crippen LogP contribution in [0.5, 0.6) is 0 Å². The number of hydrogen-bond acceptors (Lipinski definition) is 6. The molecule has 0 spiro atoms. The largest absolute Gasteiger partial charge is 0.464 e. The van der Waals surface area contributed by atoms with Gasteiger partial charge in [-0.2, -0.15) is 0 Å². The number of nitrogens with zero attached hydrogens (tertiary/aromatic N) is 1. The molecule has 1 aliphatic heterocycles. The molecule has 1 aromatic carbocycles. The SMILES string of the molecule is CCOC(=O)C1=C(C)N=C2CCCC(=O)[C@H]2[C@H]1c1coc2ccccc2c1=O. The van der Waals surface area contributed by atoms with E-state index in [0.717, 1.165) is 12.1 Å². The highest BCUT2D eigenvalue weighted by molar-refractivity contribution is 6.11. The minimum absolute atomic E-state index is 0.00291. The summed E-state index contributed by atoms with van der Waals surface area (Å²) in [7, 11) is 0. The first-order chi connectivity index (χ1) is 13.5. The molecule has 0 radical (unpaired) electrons. The van der Waals surface area contributed by atoms with Crippen LogP contribution in [0.2, 0.25) is 0 Å². The zero-order valence-corrected chi connectivity index (χ0v) is 15.9. The fraction of sp³-hybridized carbons (Fsp3) is 0.364. The lowest BCUT2D eigenvalue weighted by molar-refractivity contribution is -0.139. The Hall–Kier alpha value is -3.02. The van der Waals surface area contributed by atoms with Gasteiger partial charge < -0.3 is 9.15 Å². The van der Waals surface area contributed by atoms with Crippen LogP contribution in [0.3, 0.4) is 0 Å². The van der Waals surface area contributed by atoms with E-state index >= 15 is 0 Å². The molecule has 1 fully saturated rings. The molecule has 2 heterocycles. The molecule has 1 aromatic heterocycles. The van der Waals surface area contributed by atoms with Crippen molar-refractivity contribution in [1.82, 2.24) is 0 Å². The van der Waals surface area contributed by atoms with Gasteiger partial charge in [-0.15, -0.1) is 0 Å². The molecule has 144 valence electrons. The Morgan fingerprint density at radius 1 is 1.21 bits per heavy atom. The standard InChI is InChI=1S/C22H21NO5/c1-3-27-22(26)18-12(2)23-15-8-6-9-16(24)20(15)19(18)14-11-28-17-10-5-4-7-13(17)21(14)25/h4-5,7,10-11,19-20H,3,6,8-9H2,1-2H3/t19-,20-/m0/s1. The third-order valence-electron chi connectivity index (χ3n) is 5.44. The molecule has 1 aliphatic carbocycles. The number of ketones is 1. The summed E-state index contributed by atoms with van der Waals surface area (Å²) in [4.78, 5) is 43.4. The molecule has 4 rings (SSSR count). The number of esters is 1. The Morgan fingerprint density at radius 2 is 2.00 bits per heavy atom. The smallest absolute Gasteiger partial charge is 0.336 e.